The van der Waals surface area contributed by atoms with Crippen molar-refractivity contribution in [1.29, 1.82) is 0 Å². The van der Waals surface area contributed by atoms with Gasteiger partial charge in [-0.1, -0.05) is 23.7 Å². The first kappa shape index (κ1) is 26.7. The second kappa shape index (κ2) is 10.0. The van der Waals surface area contributed by atoms with E-state index in [1.165, 1.54) is 17.3 Å². The van der Waals surface area contributed by atoms with E-state index in [0.29, 0.717) is 37.4 Å². The summed E-state index contributed by atoms with van der Waals surface area (Å²) in [5.41, 5.74) is 7.17. The number of nitrogen functional groups attached to an aromatic ring is 1. The Labute approximate surface area is 228 Å². The number of sulfonamides is 1. The van der Waals surface area contributed by atoms with Crippen LogP contribution in [0.25, 0.3) is 21.0 Å². The Morgan fingerprint density at radius 3 is 2.68 bits per heavy atom. The summed E-state index contributed by atoms with van der Waals surface area (Å²) in [5.74, 6) is -0.173. The summed E-state index contributed by atoms with van der Waals surface area (Å²) in [5, 5.41) is 1.84. The average molecular weight is 596 g/mol. The van der Waals surface area contributed by atoms with Crippen LogP contribution in [0.3, 0.4) is 0 Å². The van der Waals surface area contributed by atoms with Crippen molar-refractivity contribution in [2.24, 2.45) is 0 Å². The van der Waals surface area contributed by atoms with Gasteiger partial charge in [0, 0.05) is 28.2 Å². The van der Waals surface area contributed by atoms with Gasteiger partial charge >= 0.3 is 0 Å². The van der Waals surface area contributed by atoms with Crippen molar-refractivity contribution in [1.82, 2.24) is 19.2 Å². The van der Waals surface area contributed by atoms with E-state index in [1.54, 1.807) is 36.4 Å². The Kier molecular flexibility index (Phi) is 7.04. The van der Waals surface area contributed by atoms with Gasteiger partial charge in [-0.25, -0.2) is 18.4 Å². The van der Waals surface area contributed by atoms with E-state index in [-0.39, 0.29) is 17.3 Å². The number of carbonyl (C=O) groups excluding carboxylic acids is 1. The molecule has 11 nitrogen and oxygen atoms in total. The lowest BCUT2D eigenvalue weighted by Crippen LogP contribution is -2.58. The van der Waals surface area contributed by atoms with E-state index < -0.39 is 45.2 Å². The molecule has 200 valence electrons. The number of aromatic nitrogens is 2. The highest BCUT2D eigenvalue weighted by atomic mass is 35.5. The Morgan fingerprint density at radius 1 is 1.13 bits per heavy atom. The van der Waals surface area contributed by atoms with Crippen molar-refractivity contribution >= 4 is 75.8 Å². The number of halogens is 1. The average Bonchev–Trinajstić information content (AvgIpc) is 3.28. The van der Waals surface area contributed by atoms with Crippen LogP contribution in [0.4, 0.5) is 5.82 Å². The number of benzene rings is 2. The molecule has 0 radical (unpaired) electrons. The summed E-state index contributed by atoms with van der Waals surface area (Å²) >= 11 is 7.09. The van der Waals surface area contributed by atoms with E-state index in [9.17, 15) is 21.6 Å². The van der Waals surface area contributed by atoms with Gasteiger partial charge in [0.05, 0.1) is 31.0 Å². The van der Waals surface area contributed by atoms with Crippen molar-refractivity contribution in [3.8, 4) is 0 Å². The highest BCUT2D eigenvalue weighted by Gasteiger charge is 2.40. The number of piperazine rings is 1. The molecule has 0 saturated carbocycles. The van der Waals surface area contributed by atoms with Crippen LogP contribution < -0.4 is 5.73 Å². The predicted octanol–water partition coefficient (Wildman–Crippen LogP) is 2.46. The third-order valence-electron chi connectivity index (χ3n) is 6.10. The van der Waals surface area contributed by atoms with E-state index in [2.05, 4.69) is 9.97 Å². The van der Waals surface area contributed by atoms with Crippen molar-refractivity contribution < 1.29 is 25.8 Å². The molecule has 2 N–H and O–H groups in total. The Morgan fingerprint density at radius 2 is 1.92 bits per heavy atom. The van der Waals surface area contributed by atoms with Crippen LogP contribution in [0, 0.1) is 0 Å². The lowest BCUT2D eigenvalue weighted by molar-refractivity contribution is -0.139. The predicted molar refractivity (Wildman–Crippen MR) is 145 cm³/mol. The molecular formula is C23H22ClN5O6S3. The van der Waals surface area contributed by atoms with Crippen molar-refractivity contribution in [3.63, 3.8) is 0 Å². The molecule has 5 rings (SSSR count). The molecule has 0 unspecified atom stereocenters. The Hall–Kier alpha value is -2.88. The lowest BCUT2D eigenvalue weighted by Gasteiger charge is -2.40. The highest BCUT2D eigenvalue weighted by molar-refractivity contribution is 7.91. The molecule has 1 fully saturated rings. The summed E-state index contributed by atoms with van der Waals surface area (Å²) < 4.78 is 57.3. The fourth-order valence-corrected chi connectivity index (χ4v) is 7.90. The first-order valence-corrected chi connectivity index (χ1v) is 15.7. The zero-order valence-electron chi connectivity index (χ0n) is 19.9. The molecular weight excluding hydrogens is 574 g/mol. The summed E-state index contributed by atoms with van der Waals surface area (Å²) in [6.45, 7) is -0.871. The summed E-state index contributed by atoms with van der Waals surface area (Å²) in [6, 6.07) is 11.0. The number of nitrogens with zero attached hydrogens (tertiary/aromatic N) is 4. The van der Waals surface area contributed by atoms with Crippen molar-refractivity contribution in [2.75, 3.05) is 31.7 Å². The van der Waals surface area contributed by atoms with Crippen molar-refractivity contribution in [3.05, 3.63) is 59.4 Å². The largest absolute Gasteiger partial charge is 0.383 e. The zero-order valence-corrected chi connectivity index (χ0v) is 23.1. The third kappa shape index (κ3) is 5.46. The van der Waals surface area contributed by atoms with Gasteiger partial charge in [-0.2, -0.15) is 12.7 Å². The minimum Gasteiger partial charge on any atom is -0.383 e. The second-order valence-corrected chi connectivity index (χ2v) is 14.1. The van der Waals surface area contributed by atoms with Crippen LogP contribution in [0.2, 0.25) is 5.02 Å². The fourth-order valence-electron chi connectivity index (χ4n) is 4.24. The molecule has 0 aliphatic carbocycles. The molecule has 0 bridgehead atoms. The molecule has 38 heavy (non-hydrogen) atoms. The molecule has 1 amide bonds. The summed E-state index contributed by atoms with van der Waals surface area (Å²) in [6.07, 6.45) is 2.23. The molecule has 1 aliphatic heterocycles. The summed E-state index contributed by atoms with van der Waals surface area (Å²) in [4.78, 5) is 22.9. The molecule has 2 aromatic heterocycles. The van der Waals surface area contributed by atoms with Crippen molar-refractivity contribution in [2.45, 2.75) is 16.8 Å². The van der Waals surface area contributed by atoms with Gasteiger partial charge in [0.1, 0.15) is 16.4 Å². The molecule has 4 aromatic rings. The maximum Gasteiger partial charge on any atom is 0.264 e. The lowest BCUT2D eigenvalue weighted by atomic mass is 10.1. The molecule has 3 heterocycles. The Bertz CT molecular complexity index is 1780. The van der Waals surface area contributed by atoms with E-state index >= 15 is 0 Å². The number of fused-ring (bicyclic) bond motifs is 2. The third-order valence-corrected chi connectivity index (χ3v) is 10.3. The number of hydrogen-bond donors (Lipinski definition) is 1. The smallest absolute Gasteiger partial charge is 0.264 e. The van der Waals surface area contributed by atoms with E-state index in [0.717, 1.165) is 21.9 Å². The molecule has 15 heteroatoms. The minimum absolute atomic E-state index is 0.0607. The Balaban J connectivity index is 1.44. The van der Waals surface area contributed by atoms with Gasteiger partial charge in [0.2, 0.25) is 5.91 Å². The number of thiophene rings is 1. The minimum atomic E-state index is -4.06. The van der Waals surface area contributed by atoms with Crippen LogP contribution in [0.1, 0.15) is 5.56 Å². The number of carbonyl (C=O) groups is 1. The number of hydrogen-bond acceptors (Lipinski definition) is 10. The van der Waals surface area contributed by atoms with E-state index in [4.69, 9.17) is 21.5 Å². The quantitative estimate of drug-likeness (QED) is 0.317. The van der Waals surface area contributed by atoms with Crippen LogP contribution >= 0.6 is 22.9 Å². The monoisotopic (exact) mass is 595 g/mol. The standard InChI is InChI=1S/C23H22ClN5O6S3/c1-37(31,32)35-12-17-10-28(38(33,34)22-7-15-3-4-16(24)8-20(15)36-22)11-21(30)29(17)9-14-2-5-18-19(6-14)26-13-27-23(18)25/h2-8,13,17H,9-12H2,1H3,(H2,25,26,27)/t17-/m1/s1. The molecule has 2 aromatic carbocycles. The summed E-state index contributed by atoms with van der Waals surface area (Å²) in [7, 11) is -7.91. The SMILES string of the molecule is CS(=O)(=O)OC[C@H]1CN(S(=O)(=O)c2cc3ccc(Cl)cc3s2)CC(=O)N1Cc1ccc2c(N)ncnc2c1. The number of anilines is 1. The van der Waals surface area contributed by atoms with E-state index in [1.807, 2.05) is 0 Å². The van der Waals surface area contributed by atoms with Crippen LogP contribution in [0.15, 0.2) is 53.0 Å². The maximum atomic E-state index is 13.5. The maximum absolute atomic E-state index is 13.5. The van der Waals surface area contributed by atoms with Crippen LogP contribution in [0.5, 0.6) is 0 Å². The second-order valence-electron chi connectivity index (χ2n) is 8.82. The van der Waals surface area contributed by atoms with Gasteiger partial charge in [0.25, 0.3) is 20.1 Å². The van der Waals surface area contributed by atoms with Gasteiger partial charge in [-0.15, -0.1) is 11.3 Å². The fraction of sp³-hybridized carbons (Fsp3) is 0.261. The molecule has 1 saturated heterocycles. The first-order valence-electron chi connectivity index (χ1n) is 11.2. The van der Waals surface area contributed by atoms with Crippen LogP contribution in [-0.4, -0.2) is 73.9 Å². The zero-order chi connectivity index (χ0) is 27.2. The van der Waals surface area contributed by atoms with Gasteiger partial charge < -0.3 is 10.6 Å². The molecule has 0 spiro atoms. The number of rotatable bonds is 7. The molecule has 1 atom stereocenters. The highest BCUT2D eigenvalue weighted by Crippen LogP contribution is 2.34. The molecule has 1 aliphatic rings. The van der Waals surface area contributed by atoms with Gasteiger partial charge in [0.15, 0.2) is 0 Å². The first-order chi connectivity index (χ1) is 17.9. The number of nitrogens with two attached hydrogens (primary N) is 1. The van der Waals surface area contributed by atoms with Gasteiger partial charge in [-0.05, 0) is 41.3 Å². The van der Waals surface area contributed by atoms with Gasteiger partial charge in [-0.3, -0.25) is 8.98 Å². The van der Waals surface area contributed by atoms with Crippen LogP contribution in [-0.2, 0) is 35.7 Å². The topological polar surface area (TPSA) is 153 Å². The number of amides is 1. The normalized spacial score (nSPS) is 17.5.